The first-order valence-electron chi connectivity index (χ1n) is 9.60. The van der Waals surface area contributed by atoms with Gasteiger partial charge >= 0.3 is 0 Å². The van der Waals surface area contributed by atoms with Gasteiger partial charge in [0, 0.05) is 17.7 Å². The van der Waals surface area contributed by atoms with Gasteiger partial charge in [0.25, 0.3) is 0 Å². The van der Waals surface area contributed by atoms with Crippen molar-refractivity contribution in [2.75, 3.05) is 13.2 Å². The molecule has 0 aliphatic carbocycles. The van der Waals surface area contributed by atoms with E-state index in [0.29, 0.717) is 26.2 Å². The smallest absolute Gasteiger partial charge is 0.220 e. The number of hydrogen-bond acceptors (Lipinski definition) is 4. The molecule has 146 valence electrons. The number of nitrogens with one attached hydrogen (secondary N) is 1. The van der Waals surface area contributed by atoms with E-state index in [1.54, 1.807) is 0 Å². The predicted octanol–water partition coefficient (Wildman–Crippen LogP) is 4.44. The number of ether oxygens (including phenoxy) is 2. The van der Waals surface area contributed by atoms with Crippen LogP contribution in [0, 0.1) is 0 Å². The van der Waals surface area contributed by atoms with Gasteiger partial charge in [0.1, 0.15) is 6.10 Å². The highest BCUT2D eigenvalue weighted by Gasteiger charge is 2.34. The molecule has 4 nitrogen and oxygen atoms in total. The minimum absolute atomic E-state index is 0.0116. The van der Waals surface area contributed by atoms with E-state index in [1.807, 2.05) is 26.0 Å². The summed E-state index contributed by atoms with van der Waals surface area (Å²) in [7, 11) is 0. The summed E-state index contributed by atoms with van der Waals surface area (Å²) in [4.78, 5) is 11.9. The number of amides is 1. The van der Waals surface area contributed by atoms with E-state index in [9.17, 15) is 4.79 Å². The van der Waals surface area contributed by atoms with Gasteiger partial charge in [-0.05, 0) is 30.4 Å². The molecule has 1 aliphatic heterocycles. The molecule has 2 rings (SSSR count). The van der Waals surface area contributed by atoms with Crippen molar-refractivity contribution < 1.29 is 14.3 Å². The fraction of sp³-hybridized carbons (Fsp3) is 0.667. The first-order valence-corrected chi connectivity index (χ1v) is 10.0. The molecule has 1 fully saturated rings. The summed E-state index contributed by atoms with van der Waals surface area (Å²) >= 11 is 4.45. The lowest BCUT2D eigenvalue weighted by molar-refractivity contribution is -0.195. The molecule has 1 aromatic carbocycles. The van der Waals surface area contributed by atoms with E-state index in [-0.39, 0.29) is 22.4 Å². The topological polar surface area (TPSA) is 47.6 Å². The first kappa shape index (κ1) is 21.3. The Morgan fingerprint density at radius 1 is 1.27 bits per heavy atom. The highest BCUT2D eigenvalue weighted by Crippen LogP contribution is 2.32. The van der Waals surface area contributed by atoms with Crippen molar-refractivity contribution in [3.63, 3.8) is 0 Å². The normalized spacial score (nSPS) is 20.0. The number of benzene rings is 1. The number of carbonyl (C=O) groups excluding carboxylic acids is 1. The molecule has 0 spiro atoms. The Morgan fingerprint density at radius 3 is 2.42 bits per heavy atom. The molecule has 1 N–H and O–H groups in total. The van der Waals surface area contributed by atoms with E-state index in [2.05, 4.69) is 43.9 Å². The Labute approximate surface area is 163 Å². The minimum atomic E-state index is -0.123. The van der Waals surface area contributed by atoms with Crippen molar-refractivity contribution in [1.82, 2.24) is 5.32 Å². The van der Waals surface area contributed by atoms with Crippen LogP contribution in [0.5, 0.6) is 0 Å². The summed E-state index contributed by atoms with van der Waals surface area (Å²) in [5.41, 5.74) is 2.08. The van der Waals surface area contributed by atoms with Crippen LogP contribution in [0.3, 0.4) is 0 Å². The van der Waals surface area contributed by atoms with Gasteiger partial charge in [-0.2, -0.15) is 12.6 Å². The van der Waals surface area contributed by atoms with Gasteiger partial charge in [-0.3, -0.25) is 4.79 Å². The van der Waals surface area contributed by atoms with Crippen molar-refractivity contribution in [2.45, 2.75) is 76.4 Å². The van der Waals surface area contributed by atoms with Gasteiger partial charge in [0.05, 0.1) is 18.8 Å². The molecule has 1 amide bonds. The summed E-state index contributed by atoms with van der Waals surface area (Å²) < 4.78 is 12.1. The molecule has 1 heterocycles. The Kier molecular flexibility index (Phi) is 7.56. The molecule has 0 aromatic heterocycles. The fourth-order valence-electron chi connectivity index (χ4n) is 3.00. The summed E-state index contributed by atoms with van der Waals surface area (Å²) in [5, 5.41) is 2.97. The van der Waals surface area contributed by atoms with Crippen molar-refractivity contribution in [3.05, 3.63) is 35.4 Å². The Balaban J connectivity index is 1.81. The highest BCUT2D eigenvalue weighted by molar-refractivity contribution is 7.81. The van der Waals surface area contributed by atoms with Gasteiger partial charge in [0.2, 0.25) is 5.91 Å². The standard InChI is InChI=1S/C21H33NO3S/c1-5-21(6-2)15-24-18(14-25-21)17-9-7-16(8-10-17)13-22-19(23)11-12-20(3,4)26/h7-10,18,26H,5-6,11-15H2,1-4H3,(H,22,23). The van der Waals surface area contributed by atoms with Gasteiger partial charge in [0.15, 0.2) is 0 Å². The van der Waals surface area contributed by atoms with Crippen molar-refractivity contribution in [1.29, 1.82) is 0 Å². The maximum atomic E-state index is 11.9. The number of hydrogen-bond donors (Lipinski definition) is 2. The van der Waals surface area contributed by atoms with Crippen LogP contribution in [0.25, 0.3) is 0 Å². The maximum Gasteiger partial charge on any atom is 0.220 e. The molecule has 0 saturated carbocycles. The quantitative estimate of drug-likeness (QED) is 0.657. The van der Waals surface area contributed by atoms with Crippen LogP contribution in [-0.2, 0) is 20.8 Å². The second-order valence-corrected chi connectivity index (χ2v) is 9.04. The SMILES string of the molecule is CCC1(CC)COC(c2ccc(CNC(=O)CCC(C)(C)S)cc2)CO1. The molecule has 1 atom stereocenters. The molecule has 1 aliphatic rings. The third-order valence-corrected chi connectivity index (χ3v) is 5.41. The van der Waals surface area contributed by atoms with E-state index in [4.69, 9.17) is 9.47 Å². The van der Waals surface area contributed by atoms with Gasteiger partial charge in [-0.15, -0.1) is 0 Å². The lowest BCUT2D eigenvalue weighted by Crippen LogP contribution is -2.43. The Morgan fingerprint density at radius 2 is 1.92 bits per heavy atom. The van der Waals surface area contributed by atoms with Crippen LogP contribution in [0.4, 0.5) is 0 Å². The van der Waals surface area contributed by atoms with Gasteiger partial charge < -0.3 is 14.8 Å². The van der Waals surface area contributed by atoms with E-state index in [1.165, 1.54) is 0 Å². The Hall–Kier alpha value is -1.04. The highest BCUT2D eigenvalue weighted by atomic mass is 32.1. The Bertz CT molecular complexity index is 566. The van der Waals surface area contributed by atoms with Crippen molar-refractivity contribution >= 4 is 18.5 Å². The summed E-state index contributed by atoms with van der Waals surface area (Å²) in [6, 6.07) is 8.22. The van der Waals surface area contributed by atoms with Crippen LogP contribution < -0.4 is 5.32 Å². The minimum Gasteiger partial charge on any atom is -0.370 e. The van der Waals surface area contributed by atoms with Gasteiger partial charge in [-0.25, -0.2) is 0 Å². The predicted molar refractivity (Wildman–Crippen MR) is 109 cm³/mol. The largest absolute Gasteiger partial charge is 0.370 e. The molecule has 1 unspecified atom stereocenters. The zero-order valence-electron chi connectivity index (χ0n) is 16.5. The van der Waals surface area contributed by atoms with E-state index >= 15 is 0 Å². The molecule has 0 radical (unpaired) electrons. The second kappa shape index (κ2) is 9.25. The lowest BCUT2D eigenvalue weighted by atomic mass is 9.96. The lowest BCUT2D eigenvalue weighted by Gasteiger charge is -2.39. The van der Waals surface area contributed by atoms with Crippen molar-refractivity contribution in [2.24, 2.45) is 0 Å². The van der Waals surface area contributed by atoms with Crippen LogP contribution in [0.15, 0.2) is 24.3 Å². The van der Waals surface area contributed by atoms with Crippen LogP contribution in [0.1, 0.15) is 70.6 Å². The van der Waals surface area contributed by atoms with E-state index in [0.717, 1.165) is 30.4 Å². The third-order valence-electron chi connectivity index (χ3n) is 5.18. The monoisotopic (exact) mass is 379 g/mol. The first-order chi connectivity index (χ1) is 12.3. The van der Waals surface area contributed by atoms with Crippen LogP contribution in [-0.4, -0.2) is 29.5 Å². The van der Waals surface area contributed by atoms with Crippen LogP contribution in [0.2, 0.25) is 0 Å². The summed E-state index contributed by atoms with van der Waals surface area (Å²) in [5.74, 6) is 0.0655. The zero-order chi connectivity index (χ0) is 19.2. The molecular weight excluding hydrogens is 346 g/mol. The molecule has 0 bridgehead atoms. The molecule has 1 aromatic rings. The average molecular weight is 380 g/mol. The average Bonchev–Trinajstić information content (AvgIpc) is 2.64. The number of carbonyl (C=O) groups is 1. The van der Waals surface area contributed by atoms with Crippen molar-refractivity contribution in [3.8, 4) is 0 Å². The molecular formula is C21H33NO3S. The summed E-state index contributed by atoms with van der Waals surface area (Å²) in [6.07, 6.45) is 3.19. The number of rotatable bonds is 8. The fourth-order valence-corrected chi connectivity index (χ4v) is 3.12. The molecule has 5 heteroatoms. The number of thiol groups is 1. The summed E-state index contributed by atoms with van der Waals surface area (Å²) in [6.45, 7) is 10.1. The van der Waals surface area contributed by atoms with Crippen LogP contribution >= 0.6 is 12.6 Å². The molecule has 1 saturated heterocycles. The van der Waals surface area contributed by atoms with E-state index < -0.39 is 0 Å². The maximum absolute atomic E-state index is 11.9. The van der Waals surface area contributed by atoms with Gasteiger partial charge in [-0.1, -0.05) is 52.0 Å². The zero-order valence-corrected chi connectivity index (χ0v) is 17.4. The second-order valence-electron chi connectivity index (χ2n) is 7.83. The third kappa shape index (κ3) is 6.29. The molecule has 26 heavy (non-hydrogen) atoms.